The molecular weight excluding hydrogens is 404 g/mol. The van der Waals surface area contributed by atoms with E-state index in [1.807, 2.05) is 0 Å². The summed E-state index contributed by atoms with van der Waals surface area (Å²) in [6.45, 7) is -0.0169. The van der Waals surface area contributed by atoms with Gasteiger partial charge in [-0.3, -0.25) is 4.79 Å². The van der Waals surface area contributed by atoms with Crippen LogP contribution in [0.3, 0.4) is 0 Å². The van der Waals surface area contributed by atoms with Crippen LogP contribution in [0, 0.1) is 0 Å². The number of rotatable bonds is 2. The van der Waals surface area contributed by atoms with Gasteiger partial charge < -0.3 is 10.6 Å². The molecule has 0 aliphatic carbocycles. The lowest BCUT2D eigenvalue weighted by Gasteiger charge is -2.20. The van der Waals surface area contributed by atoms with Crippen LogP contribution in [-0.4, -0.2) is 31.1 Å². The zero-order valence-corrected chi connectivity index (χ0v) is 13.5. The number of nitrogen functional groups attached to an aromatic ring is 1. The molecule has 1 aromatic rings. The Morgan fingerprint density at radius 2 is 2.05 bits per heavy atom. The van der Waals surface area contributed by atoms with Crippen molar-refractivity contribution in [2.75, 3.05) is 17.2 Å². The molecule has 2 rings (SSSR count). The van der Waals surface area contributed by atoms with Crippen molar-refractivity contribution in [1.29, 1.82) is 0 Å². The molecule has 0 spiro atoms. The number of hydrogen-bond donors (Lipinski definition) is 2. The maximum Gasteiger partial charge on any atom is 0.228 e. The molecule has 1 aromatic heterocycles. The molecule has 104 valence electrons. The van der Waals surface area contributed by atoms with Crippen molar-refractivity contribution in [3.8, 4) is 0 Å². The summed E-state index contributed by atoms with van der Waals surface area (Å²) in [5, 5.41) is 4.16. The number of halogens is 2. The predicted octanol–water partition coefficient (Wildman–Crippen LogP) is 0.583. The summed E-state index contributed by atoms with van der Waals surface area (Å²) in [6, 6.07) is 0. The van der Waals surface area contributed by atoms with Gasteiger partial charge in [0.15, 0.2) is 0 Å². The summed E-state index contributed by atoms with van der Waals surface area (Å²) in [6.07, 6.45) is 1.33. The summed E-state index contributed by atoms with van der Waals surface area (Å²) in [4.78, 5) is 17.2. The van der Waals surface area contributed by atoms with Crippen LogP contribution < -0.4 is 15.8 Å². The lowest BCUT2D eigenvalue weighted by atomic mass is 10.3. The van der Waals surface area contributed by atoms with E-state index in [0.717, 1.165) is 0 Å². The first kappa shape index (κ1) is 14.7. The highest BCUT2D eigenvalue weighted by Gasteiger charge is 2.38. The van der Waals surface area contributed by atoms with E-state index in [2.05, 4.69) is 36.8 Å². The fourth-order valence-corrected chi connectivity index (χ4v) is 3.41. The minimum absolute atomic E-state index is 0.0169. The van der Waals surface area contributed by atoms with Gasteiger partial charge in [-0.1, -0.05) is 0 Å². The first-order valence-electron chi connectivity index (χ1n) is 5.13. The molecule has 0 bridgehead atoms. The Morgan fingerprint density at radius 1 is 1.42 bits per heavy atom. The molecular formula is C9H10Br2N4O3S. The van der Waals surface area contributed by atoms with E-state index in [1.165, 1.54) is 11.1 Å². The standard InChI is InChI=1S/C9H10Br2N4O3S/c10-5-2-14-9(11)7(12)8(5)15-3-4(1-6(15)16)19(13,17)18/h2,4H,1,3,12H2,(H2,13,17,18). The summed E-state index contributed by atoms with van der Waals surface area (Å²) < 4.78 is 23.6. The van der Waals surface area contributed by atoms with Gasteiger partial charge in [0.25, 0.3) is 0 Å². The SMILES string of the molecule is Nc1c(Br)ncc(Br)c1N1CC(S(N)(=O)=O)CC1=O. The molecule has 1 aliphatic heterocycles. The first-order valence-corrected chi connectivity index (χ1v) is 8.32. The maximum atomic E-state index is 11.9. The van der Waals surface area contributed by atoms with Crippen molar-refractivity contribution < 1.29 is 13.2 Å². The Morgan fingerprint density at radius 3 is 2.58 bits per heavy atom. The second kappa shape index (κ2) is 5.00. The van der Waals surface area contributed by atoms with E-state index in [4.69, 9.17) is 10.9 Å². The molecule has 0 saturated carbocycles. The second-order valence-electron chi connectivity index (χ2n) is 4.08. The number of aromatic nitrogens is 1. The van der Waals surface area contributed by atoms with E-state index in [-0.39, 0.29) is 24.6 Å². The number of nitrogens with two attached hydrogens (primary N) is 2. The number of carbonyl (C=O) groups excluding carboxylic acids is 1. The fraction of sp³-hybridized carbons (Fsp3) is 0.333. The topological polar surface area (TPSA) is 119 Å². The molecule has 0 radical (unpaired) electrons. The highest BCUT2D eigenvalue weighted by molar-refractivity contribution is 9.11. The average Bonchev–Trinajstić information content (AvgIpc) is 2.67. The van der Waals surface area contributed by atoms with Crippen LogP contribution in [0.5, 0.6) is 0 Å². The van der Waals surface area contributed by atoms with Crippen molar-refractivity contribution >= 4 is 59.2 Å². The van der Waals surface area contributed by atoms with E-state index in [0.29, 0.717) is 14.8 Å². The van der Waals surface area contributed by atoms with Crippen molar-refractivity contribution in [2.24, 2.45) is 5.14 Å². The molecule has 4 N–H and O–H groups in total. The number of amides is 1. The molecule has 19 heavy (non-hydrogen) atoms. The zero-order chi connectivity index (χ0) is 14.4. The normalized spacial score (nSPS) is 20.1. The number of nitrogens with zero attached hydrogens (tertiary/aromatic N) is 2. The van der Waals surface area contributed by atoms with Gasteiger partial charge in [-0.15, -0.1) is 0 Å². The van der Waals surface area contributed by atoms with Gasteiger partial charge >= 0.3 is 0 Å². The molecule has 1 amide bonds. The Balaban J connectivity index is 2.45. The Hall–Kier alpha value is -0.710. The molecule has 7 nitrogen and oxygen atoms in total. The summed E-state index contributed by atoms with van der Waals surface area (Å²) in [5.41, 5.74) is 6.53. The van der Waals surface area contributed by atoms with Crippen LogP contribution in [0.2, 0.25) is 0 Å². The lowest BCUT2D eigenvalue weighted by molar-refractivity contribution is -0.117. The lowest BCUT2D eigenvalue weighted by Crippen LogP contribution is -2.32. The van der Waals surface area contributed by atoms with E-state index >= 15 is 0 Å². The number of carbonyl (C=O) groups is 1. The van der Waals surface area contributed by atoms with Crippen LogP contribution in [0.25, 0.3) is 0 Å². The van der Waals surface area contributed by atoms with Gasteiger partial charge in [-0.2, -0.15) is 0 Å². The van der Waals surface area contributed by atoms with Gasteiger partial charge in [0, 0.05) is 19.2 Å². The molecule has 1 fully saturated rings. The molecule has 0 aromatic carbocycles. The molecule has 10 heteroatoms. The van der Waals surface area contributed by atoms with Crippen LogP contribution >= 0.6 is 31.9 Å². The number of sulfonamides is 1. The van der Waals surface area contributed by atoms with Gasteiger partial charge in [0.1, 0.15) is 9.85 Å². The largest absolute Gasteiger partial charge is 0.395 e. The van der Waals surface area contributed by atoms with E-state index in [1.54, 1.807) is 0 Å². The summed E-state index contributed by atoms with van der Waals surface area (Å²) in [5.74, 6) is -0.343. The Labute approximate surface area is 126 Å². The zero-order valence-electron chi connectivity index (χ0n) is 9.51. The quantitative estimate of drug-likeness (QED) is 0.687. The number of primary sulfonamides is 1. The summed E-state index contributed by atoms with van der Waals surface area (Å²) >= 11 is 6.42. The van der Waals surface area contributed by atoms with Crippen molar-refractivity contribution in [3.05, 3.63) is 15.3 Å². The highest BCUT2D eigenvalue weighted by atomic mass is 79.9. The minimum Gasteiger partial charge on any atom is -0.395 e. The molecule has 2 heterocycles. The van der Waals surface area contributed by atoms with Crippen LogP contribution in [0.1, 0.15) is 6.42 Å². The third kappa shape index (κ3) is 2.76. The fourth-order valence-electron chi connectivity index (χ4n) is 1.86. The molecule has 1 aliphatic rings. The number of anilines is 2. The van der Waals surface area contributed by atoms with Crippen molar-refractivity contribution in [2.45, 2.75) is 11.7 Å². The van der Waals surface area contributed by atoms with Gasteiger partial charge in [0.05, 0.1) is 15.8 Å². The summed E-state index contributed by atoms with van der Waals surface area (Å²) in [7, 11) is -3.76. The second-order valence-corrected chi connectivity index (χ2v) is 7.53. The van der Waals surface area contributed by atoms with Crippen LogP contribution in [-0.2, 0) is 14.8 Å². The number of pyridine rings is 1. The molecule has 1 unspecified atom stereocenters. The van der Waals surface area contributed by atoms with Gasteiger partial charge in [0.2, 0.25) is 15.9 Å². The predicted molar refractivity (Wildman–Crippen MR) is 77.9 cm³/mol. The Kier molecular flexibility index (Phi) is 3.87. The molecule has 1 saturated heterocycles. The van der Waals surface area contributed by atoms with Gasteiger partial charge in [-0.25, -0.2) is 18.5 Å². The van der Waals surface area contributed by atoms with Crippen LogP contribution in [0.4, 0.5) is 11.4 Å². The maximum absolute atomic E-state index is 11.9. The van der Waals surface area contributed by atoms with E-state index in [9.17, 15) is 13.2 Å². The van der Waals surface area contributed by atoms with Crippen molar-refractivity contribution in [3.63, 3.8) is 0 Å². The van der Waals surface area contributed by atoms with Crippen LogP contribution in [0.15, 0.2) is 15.3 Å². The molecule has 1 atom stereocenters. The number of hydrogen-bond acceptors (Lipinski definition) is 5. The Bertz CT molecular complexity index is 649. The van der Waals surface area contributed by atoms with E-state index < -0.39 is 15.3 Å². The average molecular weight is 414 g/mol. The smallest absolute Gasteiger partial charge is 0.228 e. The minimum atomic E-state index is -3.76. The first-order chi connectivity index (χ1) is 8.71. The van der Waals surface area contributed by atoms with Crippen molar-refractivity contribution in [1.82, 2.24) is 4.98 Å². The third-order valence-corrected chi connectivity index (χ3v) is 5.28. The monoisotopic (exact) mass is 412 g/mol. The van der Waals surface area contributed by atoms with Gasteiger partial charge in [-0.05, 0) is 31.9 Å². The third-order valence-electron chi connectivity index (χ3n) is 2.82. The highest BCUT2D eigenvalue weighted by Crippen LogP contribution is 2.38.